The topological polar surface area (TPSA) is 101 Å². The number of fused-ring (bicyclic) bond motifs is 1. The number of oxazole rings is 1. The van der Waals surface area contributed by atoms with Crippen molar-refractivity contribution in [1.29, 1.82) is 0 Å². The van der Waals surface area contributed by atoms with Crippen LogP contribution in [0.2, 0.25) is 0 Å². The molecule has 1 saturated heterocycles. The highest BCUT2D eigenvalue weighted by molar-refractivity contribution is 7.90. The monoisotopic (exact) mass is 418 g/mol. The molecule has 0 saturated carbocycles. The maximum atomic E-state index is 14.5. The summed E-state index contributed by atoms with van der Waals surface area (Å²) in [5.41, 5.74) is 1.97. The summed E-state index contributed by atoms with van der Waals surface area (Å²) >= 11 is 0. The van der Waals surface area contributed by atoms with Crippen LogP contribution in [-0.2, 0) is 9.84 Å². The maximum Gasteiger partial charge on any atom is 0.407 e. The number of rotatable bonds is 3. The van der Waals surface area contributed by atoms with Gasteiger partial charge in [-0.15, -0.1) is 0 Å². The predicted octanol–water partition coefficient (Wildman–Crippen LogP) is 3.89. The highest BCUT2D eigenvalue weighted by Crippen LogP contribution is 2.33. The number of hydrogen-bond donors (Lipinski definition) is 1. The molecule has 0 radical (unpaired) electrons. The average Bonchev–Trinajstić information content (AvgIpc) is 3.10. The van der Waals surface area contributed by atoms with E-state index in [0.29, 0.717) is 48.5 Å². The number of amides is 1. The fourth-order valence-corrected chi connectivity index (χ4v) is 4.20. The van der Waals surface area contributed by atoms with Gasteiger partial charge in [0.1, 0.15) is 11.3 Å². The summed E-state index contributed by atoms with van der Waals surface area (Å²) in [6.07, 6.45) is 1.38. The molecular weight excluding hydrogens is 399 g/mol. The number of aromatic nitrogens is 1. The summed E-state index contributed by atoms with van der Waals surface area (Å²) in [4.78, 5) is 16.8. The van der Waals surface area contributed by atoms with Crippen molar-refractivity contribution in [1.82, 2.24) is 9.88 Å². The number of benzene rings is 2. The van der Waals surface area contributed by atoms with Gasteiger partial charge in [0.2, 0.25) is 0 Å². The minimum Gasteiger partial charge on any atom is -0.465 e. The first-order chi connectivity index (χ1) is 13.7. The lowest BCUT2D eigenvalue weighted by molar-refractivity contribution is 0.129. The van der Waals surface area contributed by atoms with E-state index in [1.807, 2.05) is 0 Å². The van der Waals surface area contributed by atoms with Gasteiger partial charge in [0, 0.05) is 30.8 Å². The Hall–Kier alpha value is -2.94. The SMILES string of the molecule is CS(=O)(=O)c1ccc(-c2ccc3nc(C4CCN(C(=O)O)CC4)oc3c2)c(F)c1. The summed E-state index contributed by atoms with van der Waals surface area (Å²) in [6.45, 7) is 0.865. The number of halogens is 1. The zero-order valence-corrected chi connectivity index (χ0v) is 16.4. The van der Waals surface area contributed by atoms with Gasteiger partial charge in [-0.25, -0.2) is 22.6 Å². The fraction of sp³-hybridized carbons (Fsp3) is 0.300. The van der Waals surface area contributed by atoms with E-state index < -0.39 is 21.7 Å². The lowest BCUT2D eigenvalue weighted by Gasteiger charge is -2.28. The molecule has 29 heavy (non-hydrogen) atoms. The van der Waals surface area contributed by atoms with Crippen LogP contribution in [0.5, 0.6) is 0 Å². The highest BCUT2D eigenvalue weighted by Gasteiger charge is 2.27. The first kappa shape index (κ1) is 19.4. The molecule has 1 N–H and O–H groups in total. The van der Waals surface area contributed by atoms with Crippen LogP contribution in [0.25, 0.3) is 22.2 Å². The molecule has 3 aromatic rings. The molecule has 1 aromatic heterocycles. The number of nitrogens with zero attached hydrogens (tertiary/aromatic N) is 2. The van der Waals surface area contributed by atoms with Gasteiger partial charge < -0.3 is 14.4 Å². The fourth-order valence-electron chi connectivity index (χ4n) is 3.56. The molecule has 1 fully saturated rings. The minimum absolute atomic E-state index is 0.0345. The van der Waals surface area contributed by atoms with Crippen molar-refractivity contribution in [3.8, 4) is 11.1 Å². The van der Waals surface area contributed by atoms with Crippen molar-refractivity contribution in [3.63, 3.8) is 0 Å². The molecule has 2 aromatic carbocycles. The quantitative estimate of drug-likeness (QED) is 0.692. The summed E-state index contributed by atoms with van der Waals surface area (Å²) in [7, 11) is -3.49. The van der Waals surface area contributed by atoms with Crippen LogP contribution in [0.1, 0.15) is 24.7 Å². The molecule has 0 spiro atoms. The molecule has 0 aliphatic carbocycles. The summed E-state index contributed by atoms with van der Waals surface area (Å²) in [5.74, 6) is -0.0460. The van der Waals surface area contributed by atoms with E-state index in [1.54, 1.807) is 18.2 Å². The van der Waals surface area contributed by atoms with Crippen LogP contribution in [0.15, 0.2) is 45.7 Å². The summed E-state index contributed by atoms with van der Waals surface area (Å²) < 4.78 is 43.6. The average molecular weight is 418 g/mol. The molecule has 0 atom stereocenters. The van der Waals surface area contributed by atoms with Gasteiger partial charge >= 0.3 is 6.09 Å². The Morgan fingerprint density at radius 1 is 1.21 bits per heavy atom. The third-order valence-corrected chi connectivity index (χ3v) is 6.31. The van der Waals surface area contributed by atoms with Crippen LogP contribution in [0.3, 0.4) is 0 Å². The third kappa shape index (κ3) is 3.82. The van der Waals surface area contributed by atoms with Crippen molar-refractivity contribution in [3.05, 3.63) is 48.1 Å². The van der Waals surface area contributed by atoms with Crippen molar-refractivity contribution in [2.24, 2.45) is 0 Å². The van der Waals surface area contributed by atoms with E-state index in [2.05, 4.69) is 4.98 Å². The van der Waals surface area contributed by atoms with Crippen LogP contribution < -0.4 is 0 Å². The Morgan fingerprint density at radius 3 is 2.55 bits per heavy atom. The predicted molar refractivity (Wildman–Crippen MR) is 104 cm³/mol. The lowest BCUT2D eigenvalue weighted by Crippen LogP contribution is -2.36. The van der Waals surface area contributed by atoms with Gasteiger partial charge in [-0.05, 0) is 42.7 Å². The van der Waals surface area contributed by atoms with Gasteiger partial charge in [0.15, 0.2) is 21.3 Å². The molecule has 2 heterocycles. The summed E-state index contributed by atoms with van der Waals surface area (Å²) in [5, 5.41) is 9.06. The normalized spacial score (nSPS) is 15.7. The number of piperidine rings is 1. The first-order valence-corrected chi connectivity index (χ1v) is 11.0. The number of carboxylic acid groups (broad SMARTS) is 1. The van der Waals surface area contributed by atoms with E-state index in [4.69, 9.17) is 9.52 Å². The number of sulfone groups is 1. The first-order valence-electron chi connectivity index (χ1n) is 9.11. The van der Waals surface area contributed by atoms with E-state index in [1.165, 1.54) is 17.0 Å². The molecule has 0 unspecified atom stereocenters. The van der Waals surface area contributed by atoms with E-state index in [-0.39, 0.29) is 16.4 Å². The summed E-state index contributed by atoms with van der Waals surface area (Å²) in [6, 6.07) is 8.94. The van der Waals surface area contributed by atoms with Gasteiger partial charge in [-0.2, -0.15) is 0 Å². The Morgan fingerprint density at radius 2 is 1.93 bits per heavy atom. The van der Waals surface area contributed by atoms with Crippen LogP contribution in [0.4, 0.5) is 9.18 Å². The van der Waals surface area contributed by atoms with E-state index in [9.17, 15) is 17.6 Å². The van der Waals surface area contributed by atoms with Crippen LogP contribution in [-0.4, -0.2) is 48.8 Å². The third-order valence-electron chi connectivity index (χ3n) is 5.20. The van der Waals surface area contributed by atoms with Gasteiger partial charge in [-0.1, -0.05) is 12.1 Å². The smallest absolute Gasteiger partial charge is 0.407 e. The lowest BCUT2D eigenvalue weighted by atomic mass is 9.97. The molecule has 1 aliphatic rings. The standard InChI is InChI=1S/C20H19FN2O5S/c1-29(26,27)14-3-4-15(16(21)11-14)13-2-5-17-18(10-13)28-19(22-17)12-6-8-23(9-7-12)20(24)25/h2-5,10-12H,6-9H2,1H3,(H,24,25). The van der Waals surface area contributed by atoms with E-state index in [0.717, 1.165) is 12.3 Å². The zero-order chi connectivity index (χ0) is 20.8. The Balaban J connectivity index is 1.62. The van der Waals surface area contributed by atoms with Crippen molar-refractivity contribution >= 4 is 27.0 Å². The molecule has 1 aliphatic heterocycles. The second-order valence-corrected chi connectivity index (χ2v) is 9.21. The van der Waals surface area contributed by atoms with Gasteiger partial charge in [0.05, 0.1) is 4.90 Å². The zero-order valence-electron chi connectivity index (χ0n) is 15.6. The molecule has 1 amide bonds. The molecule has 152 valence electrons. The number of carbonyl (C=O) groups is 1. The minimum atomic E-state index is -3.49. The Bertz CT molecular complexity index is 1200. The Kier molecular flexibility index (Phi) is 4.77. The maximum absolute atomic E-state index is 14.5. The second kappa shape index (κ2) is 7.14. The molecular formula is C20H19FN2O5S. The van der Waals surface area contributed by atoms with Gasteiger partial charge in [-0.3, -0.25) is 0 Å². The molecule has 4 rings (SSSR count). The molecule has 7 nitrogen and oxygen atoms in total. The van der Waals surface area contributed by atoms with Crippen LogP contribution >= 0.6 is 0 Å². The highest BCUT2D eigenvalue weighted by atomic mass is 32.2. The van der Waals surface area contributed by atoms with Crippen LogP contribution in [0, 0.1) is 5.82 Å². The van der Waals surface area contributed by atoms with Crippen molar-refractivity contribution in [2.45, 2.75) is 23.7 Å². The van der Waals surface area contributed by atoms with Crippen molar-refractivity contribution < 1.29 is 27.1 Å². The van der Waals surface area contributed by atoms with Crippen molar-refractivity contribution in [2.75, 3.05) is 19.3 Å². The number of hydrogen-bond acceptors (Lipinski definition) is 5. The van der Waals surface area contributed by atoms with Gasteiger partial charge in [0.25, 0.3) is 0 Å². The molecule has 0 bridgehead atoms. The largest absolute Gasteiger partial charge is 0.465 e. The van der Waals surface area contributed by atoms with E-state index >= 15 is 0 Å². The Labute approximate surface area is 166 Å². The number of likely N-dealkylation sites (tertiary alicyclic amines) is 1. The second-order valence-electron chi connectivity index (χ2n) is 7.19. The molecule has 9 heteroatoms.